The largest absolute Gasteiger partial charge is 0.497 e. The molecule has 0 saturated carbocycles. The molecule has 0 atom stereocenters. The molecule has 23 heavy (non-hydrogen) atoms. The summed E-state index contributed by atoms with van der Waals surface area (Å²) in [4.78, 5) is 4.41. The average Bonchev–Trinajstić information content (AvgIpc) is 2.94. The maximum Gasteiger partial charge on any atom is 0.387 e. The first kappa shape index (κ1) is 17.4. The van der Waals surface area contributed by atoms with Crippen molar-refractivity contribution in [3.63, 3.8) is 0 Å². The van der Waals surface area contributed by atoms with Gasteiger partial charge in [0.25, 0.3) is 0 Å². The smallest absolute Gasteiger partial charge is 0.387 e. The fourth-order valence-electron chi connectivity index (χ4n) is 1.80. The highest BCUT2D eigenvalue weighted by atomic mass is 32.1. The lowest BCUT2D eigenvalue weighted by Gasteiger charge is -2.13. The van der Waals surface area contributed by atoms with Crippen molar-refractivity contribution in [1.82, 2.24) is 9.36 Å². The summed E-state index contributed by atoms with van der Waals surface area (Å²) in [6.07, 6.45) is 0. The second-order valence-electron chi connectivity index (χ2n) is 5.88. The zero-order valence-corrected chi connectivity index (χ0v) is 14.2. The first-order valence-electron chi connectivity index (χ1n) is 6.99. The number of hydrogen-bond donors (Lipinski definition) is 1. The first-order valence-corrected chi connectivity index (χ1v) is 7.76. The number of rotatable bonds is 6. The van der Waals surface area contributed by atoms with Gasteiger partial charge < -0.3 is 14.8 Å². The molecule has 0 aliphatic rings. The summed E-state index contributed by atoms with van der Waals surface area (Å²) in [6.45, 7) is 3.47. The molecule has 2 aromatic rings. The minimum absolute atomic E-state index is 0.105. The van der Waals surface area contributed by atoms with E-state index in [0.29, 0.717) is 16.4 Å². The number of halogens is 2. The standard InChI is InChI=1S/C15H19F2N3O2S/c1-15(2,3)12-19-14(23-20-12)18-8-9-7-10(21-4)5-6-11(9)22-13(16)17/h5-7,13H,8H2,1-4H3,(H,18,19,20). The Morgan fingerprint density at radius 1 is 1.30 bits per heavy atom. The summed E-state index contributed by atoms with van der Waals surface area (Å²) < 4.78 is 38.9. The molecular weight excluding hydrogens is 324 g/mol. The van der Waals surface area contributed by atoms with Crippen LogP contribution >= 0.6 is 11.5 Å². The molecule has 0 aliphatic heterocycles. The Balaban J connectivity index is 2.13. The third-order valence-corrected chi connectivity index (χ3v) is 3.68. The zero-order chi connectivity index (χ0) is 17.0. The van der Waals surface area contributed by atoms with E-state index in [-0.39, 0.29) is 17.7 Å². The molecule has 0 radical (unpaired) electrons. The van der Waals surface area contributed by atoms with Crippen LogP contribution in [0.1, 0.15) is 32.2 Å². The van der Waals surface area contributed by atoms with Crippen molar-refractivity contribution in [2.75, 3.05) is 12.4 Å². The molecule has 1 aromatic heterocycles. The van der Waals surface area contributed by atoms with Crippen LogP contribution in [0.2, 0.25) is 0 Å². The molecule has 5 nitrogen and oxygen atoms in total. The van der Waals surface area contributed by atoms with Crippen molar-refractivity contribution in [2.24, 2.45) is 0 Å². The van der Waals surface area contributed by atoms with Gasteiger partial charge in [0.2, 0.25) is 5.13 Å². The predicted molar refractivity (Wildman–Crippen MR) is 85.6 cm³/mol. The minimum Gasteiger partial charge on any atom is -0.497 e. The number of anilines is 1. The lowest BCUT2D eigenvalue weighted by molar-refractivity contribution is -0.0504. The quantitative estimate of drug-likeness (QED) is 0.857. The van der Waals surface area contributed by atoms with Crippen LogP contribution in [-0.2, 0) is 12.0 Å². The van der Waals surface area contributed by atoms with E-state index < -0.39 is 6.61 Å². The first-order chi connectivity index (χ1) is 10.8. The Hall–Kier alpha value is -1.96. The average molecular weight is 343 g/mol. The molecule has 0 saturated heterocycles. The third kappa shape index (κ3) is 4.75. The fraction of sp³-hybridized carbons (Fsp3) is 0.467. The number of hydrogen-bond acceptors (Lipinski definition) is 6. The van der Waals surface area contributed by atoms with Crippen LogP contribution in [0.15, 0.2) is 18.2 Å². The molecule has 0 unspecified atom stereocenters. The van der Waals surface area contributed by atoms with Crippen LogP contribution < -0.4 is 14.8 Å². The number of nitrogens with one attached hydrogen (secondary N) is 1. The van der Waals surface area contributed by atoms with Crippen LogP contribution in [-0.4, -0.2) is 23.1 Å². The molecule has 0 fully saturated rings. The normalized spacial score (nSPS) is 11.6. The fourth-order valence-corrected chi connectivity index (χ4v) is 2.55. The summed E-state index contributed by atoms with van der Waals surface area (Å²) in [7, 11) is 1.51. The van der Waals surface area contributed by atoms with Crippen molar-refractivity contribution >= 4 is 16.7 Å². The summed E-state index contributed by atoms with van der Waals surface area (Å²) in [5.74, 6) is 1.41. The van der Waals surface area contributed by atoms with Crippen LogP contribution in [0.4, 0.5) is 13.9 Å². The van der Waals surface area contributed by atoms with Gasteiger partial charge in [0.05, 0.1) is 7.11 Å². The minimum atomic E-state index is -2.88. The zero-order valence-electron chi connectivity index (χ0n) is 13.4. The van der Waals surface area contributed by atoms with E-state index in [9.17, 15) is 8.78 Å². The Kier molecular flexibility index (Phi) is 5.35. The lowest BCUT2D eigenvalue weighted by Crippen LogP contribution is -2.13. The second kappa shape index (κ2) is 7.08. The van der Waals surface area contributed by atoms with Gasteiger partial charge in [-0.2, -0.15) is 13.2 Å². The Labute approximate surface area is 137 Å². The molecule has 2 rings (SSSR count). The van der Waals surface area contributed by atoms with Gasteiger partial charge in [0.15, 0.2) is 0 Å². The van der Waals surface area contributed by atoms with E-state index in [0.717, 1.165) is 5.82 Å². The van der Waals surface area contributed by atoms with Gasteiger partial charge in [0.1, 0.15) is 17.3 Å². The molecule has 8 heteroatoms. The maximum atomic E-state index is 12.5. The van der Waals surface area contributed by atoms with E-state index in [1.807, 2.05) is 20.8 Å². The Morgan fingerprint density at radius 3 is 2.61 bits per heavy atom. The van der Waals surface area contributed by atoms with Crippen LogP contribution in [0.25, 0.3) is 0 Å². The lowest BCUT2D eigenvalue weighted by atomic mass is 9.96. The molecule has 0 spiro atoms. The van der Waals surface area contributed by atoms with E-state index in [4.69, 9.17) is 4.74 Å². The van der Waals surface area contributed by atoms with E-state index >= 15 is 0 Å². The maximum absolute atomic E-state index is 12.5. The summed E-state index contributed by atoms with van der Waals surface area (Å²) >= 11 is 1.23. The summed E-state index contributed by atoms with van der Waals surface area (Å²) in [5, 5.41) is 3.71. The van der Waals surface area contributed by atoms with Gasteiger partial charge in [-0.05, 0) is 18.2 Å². The van der Waals surface area contributed by atoms with Crippen LogP contribution in [0, 0.1) is 0 Å². The van der Waals surface area contributed by atoms with Gasteiger partial charge in [-0.3, -0.25) is 0 Å². The molecule has 1 heterocycles. The molecule has 0 amide bonds. The van der Waals surface area contributed by atoms with Gasteiger partial charge in [-0.15, -0.1) is 0 Å². The van der Waals surface area contributed by atoms with E-state index in [2.05, 4.69) is 19.4 Å². The van der Waals surface area contributed by atoms with Gasteiger partial charge in [-0.1, -0.05) is 20.8 Å². The van der Waals surface area contributed by atoms with E-state index in [1.165, 1.54) is 24.7 Å². The summed E-state index contributed by atoms with van der Waals surface area (Å²) in [6, 6.07) is 4.68. The highest BCUT2D eigenvalue weighted by Crippen LogP contribution is 2.28. The number of aromatic nitrogens is 2. The van der Waals surface area contributed by atoms with Gasteiger partial charge in [-0.25, -0.2) is 4.98 Å². The van der Waals surface area contributed by atoms with Crippen molar-refractivity contribution in [3.05, 3.63) is 29.6 Å². The molecular formula is C15H19F2N3O2S. The van der Waals surface area contributed by atoms with Gasteiger partial charge >= 0.3 is 6.61 Å². The monoisotopic (exact) mass is 343 g/mol. The van der Waals surface area contributed by atoms with Crippen molar-refractivity contribution in [1.29, 1.82) is 0 Å². The highest BCUT2D eigenvalue weighted by Gasteiger charge is 2.19. The van der Waals surface area contributed by atoms with Crippen molar-refractivity contribution < 1.29 is 18.3 Å². The number of alkyl halides is 2. The number of benzene rings is 1. The molecule has 1 aromatic carbocycles. The van der Waals surface area contributed by atoms with Crippen molar-refractivity contribution in [2.45, 2.75) is 39.3 Å². The van der Waals surface area contributed by atoms with Gasteiger partial charge in [0, 0.05) is 29.1 Å². The Bertz CT molecular complexity index is 656. The van der Waals surface area contributed by atoms with Crippen LogP contribution in [0.3, 0.4) is 0 Å². The topological polar surface area (TPSA) is 56.3 Å². The SMILES string of the molecule is COc1ccc(OC(F)F)c(CNc2nc(C(C)(C)C)ns2)c1. The van der Waals surface area contributed by atoms with E-state index in [1.54, 1.807) is 12.1 Å². The molecule has 0 aliphatic carbocycles. The predicted octanol–water partition coefficient (Wildman–Crippen LogP) is 4.06. The van der Waals surface area contributed by atoms with Crippen LogP contribution in [0.5, 0.6) is 11.5 Å². The number of ether oxygens (including phenoxy) is 2. The second-order valence-corrected chi connectivity index (χ2v) is 6.63. The highest BCUT2D eigenvalue weighted by molar-refractivity contribution is 7.09. The van der Waals surface area contributed by atoms with Crippen molar-refractivity contribution in [3.8, 4) is 11.5 Å². The number of methoxy groups -OCH3 is 1. The Morgan fingerprint density at radius 2 is 2.04 bits per heavy atom. The summed E-state index contributed by atoms with van der Waals surface area (Å²) in [5.41, 5.74) is 0.410. The molecule has 0 bridgehead atoms. The molecule has 1 N–H and O–H groups in total. The third-order valence-electron chi connectivity index (χ3n) is 3.01. The molecule has 126 valence electrons. The number of nitrogens with zero attached hydrogens (tertiary/aromatic N) is 2.